The molecule has 208 valence electrons. The predicted molar refractivity (Wildman–Crippen MR) is 146 cm³/mol. The van der Waals surface area contributed by atoms with Crippen LogP contribution in [0.2, 0.25) is 0 Å². The normalized spacial score (nSPS) is 13.4. The van der Waals surface area contributed by atoms with Crippen molar-refractivity contribution in [2.45, 2.75) is 51.2 Å². The number of aromatic nitrogens is 1. The number of phenols is 1. The minimum Gasteiger partial charge on any atom is -0.508 e. The van der Waals surface area contributed by atoms with E-state index in [-0.39, 0.29) is 24.5 Å². The van der Waals surface area contributed by atoms with E-state index in [4.69, 9.17) is 5.73 Å². The fourth-order valence-electron chi connectivity index (χ4n) is 4.22. The third-order valence-electron chi connectivity index (χ3n) is 6.22. The molecule has 2 aromatic carbocycles. The Morgan fingerprint density at radius 3 is 2.28 bits per heavy atom. The number of carbonyl (C=O) groups is 4. The van der Waals surface area contributed by atoms with Crippen LogP contribution in [0.5, 0.6) is 5.75 Å². The van der Waals surface area contributed by atoms with Gasteiger partial charge in [-0.2, -0.15) is 0 Å². The van der Waals surface area contributed by atoms with Crippen molar-refractivity contribution in [3.8, 4) is 5.75 Å². The summed E-state index contributed by atoms with van der Waals surface area (Å²) in [6, 6.07) is 10.6. The number of H-pyrrole nitrogens is 1. The summed E-state index contributed by atoms with van der Waals surface area (Å²) in [5.74, 6) is -2.90. The van der Waals surface area contributed by atoms with Crippen LogP contribution in [-0.4, -0.2) is 63.6 Å². The molecule has 0 radical (unpaired) electrons. The van der Waals surface area contributed by atoms with Gasteiger partial charge < -0.3 is 36.9 Å². The average Bonchev–Trinajstić information content (AvgIpc) is 3.30. The Morgan fingerprint density at radius 2 is 1.62 bits per heavy atom. The minimum absolute atomic E-state index is 0.00432. The lowest BCUT2D eigenvalue weighted by Gasteiger charge is -2.22. The first-order valence-electron chi connectivity index (χ1n) is 12.7. The molecule has 0 fully saturated rings. The summed E-state index contributed by atoms with van der Waals surface area (Å²) in [6.07, 6.45) is 2.39. The SMILES string of the molecule is CC(C)CC(NC(=O)C(N)Cc1c[nH]c2ccccc12)C(=O)NCC(=O)NC(Cc1ccc(O)cc1)C(=O)O. The van der Waals surface area contributed by atoms with E-state index in [1.54, 1.807) is 18.3 Å². The molecule has 0 aliphatic rings. The number of rotatable bonds is 13. The standard InChI is InChI=1S/C28H35N5O6/c1-16(2)11-23(33-26(36)21(29)13-18-14-30-22-6-4-3-5-20(18)22)27(37)31-15-25(35)32-24(28(38)39)12-17-7-9-19(34)10-8-17/h3-10,14,16,21,23-24,30,34H,11-13,15,29H2,1-2H3,(H,31,37)(H,32,35)(H,33,36)(H,38,39). The number of fused-ring (bicyclic) bond motifs is 1. The predicted octanol–water partition coefficient (Wildman–Crippen LogP) is 1.20. The van der Waals surface area contributed by atoms with Gasteiger partial charge in [-0.15, -0.1) is 0 Å². The molecule has 3 atom stereocenters. The molecule has 0 bridgehead atoms. The van der Waals surface area contributed by atoms with E-state index in [0.717, 1.165) is 16.5 Å². The van der Waals surface area contributed by atoms with Gasteiger partial charge in [-0.25, -0.2) is 4.79 Å². The zero-order valence-electron chi connectivity index (χ0n) is 21.9. The van der Waals surface area contributed by atoms with Crippen molar-refractivity contribution in [3.63, 3.8) is 0 Å². The molecule has 3 amide bonds. The highest BCUT2D eigenvalue weighted by Gasteiger charge is 2.26. The number of aromatic amines is 1. The van der Waals surface area contributed by atoms with Gasteiger partial charge in [-0.05, 0) is 48.1 Å². The second-order valence-corrected chi connectivity index (χ2v) is 9.91. The summed E-state index contributed by atoms with van der Waals surface area (Å²) >= 11 is 0. The van der Waals surface area contributed by atoms with Gasteiger partial charge in [0.2, 0.25) is 17.7 Å². The Kier molecular flexibility index (Phi) is 10.0. The summed E-state index contributed by atoms with van der Waals surface area (Å²) in [7, 11) is 0. The van der Waals surface area contributed by atoms with E-state index in [1.807, 2.05) is 38.1 Å². The van der Waals surface area contributed by atoms with Crippen molar-refractivity contribution in [1.29, 1.82) is 0 Å². The smallest absolute Gasteiger partial charge is 0.326 e. The fourth-order valence-corrected chi connectivity index (χ4v) is 4.22. The van der Waals surface area contributed by atoms with Crippen molar-refractivity contribution in [2.75, 3.05) is 6.54 Å². The van der Waals surface area contributed by atoms with Gasteiger partial charge >= 0.3 is 5.97 Å². The summed E-state index contributed by atoms with van der Waals surface area (Å²) in [5.41, 5.74) is 8.59. The van der Waals surface area contributed by atoms with Gasteiger partial charge in [0.1, 0.15) is 17.8 Å². The van der Waals surface area contributed by atoms with Gasteiger partial charge in [-0.1, -0.05) is 44.2 Å². The monoisotopic (exact) mass is 537 g/mol. The molecule has 1 aromatic heterocycles. The lowest BCUT2D eigenvalue weighted by molar-refractivity contribution is -0.141. The highest BCUT2D eigenvalue weighted by Crippen LogP contribution is 2.19. The van der Waals surface area contributed by atoms with E-state index < -0.39 is 48.4 Å². The lowest BCUT2D eigenvalue weighted by atomic mass is 10.0. The minimum atomic E-state index is -1.24. The highest BCUT2D eigenvalue weighted by atomic mass is 16.4. The van der Waals surface area contributed by atoms with Crippen LogP contribution in [0.4, 0.5) is 0 Å². The van der Waals surface area contributed by atoms with Crippen molar-refractivity contribution < 1.29 is 29.4 Å². The molecular weight excluding hydrogens is 502 g/mol. The number of benzene rings is 2. The number of nitrogens with two attached hydrogens (primary N) is 1. The fraction of sp³-hybridized carbons (Fsp3) is 0.357. The second-order valence-electron chi connectivity index (χ2n) is 9.91. The number of para-hydroxylation sites is 1. The molecule has 8 N–H and O–H groups in total. The van der Waals surface area contributed by atoms with E-state index in [1.165, 1.54) is 12.1 Å². The molecule has 0 aliphatic heterocycles. The van der Waals surface area contributed by atoms with Gasteiger partial charge in [0.05, 0.1) is 12.6 Å². The molecule has 0 aliphatic carbocycles. The second kappa shape index (κ2) is 13.4. The number of hydrogen-bond acceptors (Lipinski definition) is 6. The summed E-state index contributed by atoms with van der Waals surface area (Å²) in [6.45, 7) is 3.32. The van der Waals surface area contributed by atoms with Crippen molar-refractivity contribution >= 4 is 34.6 Å². The molecule has 1 heterocycles. The maximum absolute atomic E-state index is 12.9. The third kappa shape index (κ3) is 8.57. The molecule has 3 aromatic rings. The van der Waals surface area contributed by atoms with Gasteiger partial charge in [0.25, 0.3) is 0 Å². The molecule has 3 rings (SSSR count). The van der Waals surface area contributed by atoms with Crippen LogP contribution in [0.1, 0.15) is 31.4 Å². The molecular formula is C28H35N5O6. The molecule has 39 heavy (non-hydrogen) atoms. The molecule has 0 saturated heterocycles. The maximum Gasteiger partial charge on any atom is 0.326 e. The summed E-state index contributed by atoms with van der Waals surface area (Å²) in [5, 5.41) is 27.4. The average molecular weight is 538 g/mol. The number of carboxylic acids is 1. The lowest BCUT2D eigenvalue weighted by Crippen LogP contribution is -2.54. The van der Waals surface area contributed by atoms with Crippen molar-refractivity contribution in [2.24, 2.45) is 11.7 Å². The number of aromatic hydroxyl groups is 1. The van der Waals surface area contributed by atoms with Gasteiger partial charge in [0.15, 0.2) is 0 Å². The largest absolute Gasteiger partial charge is 0.508 e. The first kappa shape index (κ1) is 29.2. The Hall–Kier alpha value is -4.38. The van der Waals surface area contributed by atoms with Crippen LogP contribution >= 0.6 is 0 Å². The molecule has 11 heteroatoms. The van der Waals surface area contributed by atoms with Crippen LogP contribution in [0, 0.1) is 5.92 Å². The van der Waals surface area contributed by atoms with E-state index >= 15 is 0 Å². The third-order valence-corrected chi connectivity index (χ3v) is 6.22. The molecule has 0 spiro atoms. The number of hydrogen-bond donors (Lipinski definition) is 7. The van der Waals surface area contributed by atoms with Crippen molar-refractivity contribution in [3.05, 3.63) is 65.9 Å². The van der Waals surface area contributed by atoms with E-state index in [9.17, 15) is 29.4 Å². The molecule has 11 nitrogen and oxygen atoms in total. The Morgan fingerprint density at radius 1 is 0.923 bits per heavy atom. The number of nitrogens with one attached hydrogen (secondary N) is 4. The van der Waals surface area contributed by atoms with Crippen molar-refractivity contribution in [1.82, 2.24) is 20.9 Å². The molecule has 0 saturated carbocycles. The Labute approximate surface area is 226 Å². The van der Waals surface area contributed by atoms with E-state index in [2.05, 4.69) is 20.9 Å². The quantitative estimate of drug-likeness (QED) is 0.171. The zero-order chi connectivity index (χ0) is 28.5. The van der Waals surface area contributed by atoms with Crippen LogP contribution in [0.15, 0.2) is 54.7 Å². The number of phenolic OH excluding ortho intramolecular Hbond substituents is 1. The van der Waals surface area contributed by atoms with Crippen LogP contribution in [0.3, 0.4) is 0 Å². The van der Waals surface area contributed by atoms with Crippen LogP contribution in [-0.2, 0) is 32.0 Å². The summed E-state index contributed by atoms with van der Waals surface area (Å²) < 4.78 is 0. The van der Waals surface area contributed by atoms with Crippen LogP contribution in [0.25, 0.3) is 10.9 Å². The first-order valence-corrected chi connectivity index (χ1v) is 12.7. The van der Waals surface area contributed by atoms with Crippen LogP contribution < -0.4 is 21.7 Å². The Balaban J connectivity index is 1.55. The number of carboxylic acid groups (broad SMARTS) is 1. The Bertz CT molecular complexity index is 1300. The first-order chi connectivity index (χ1) is 18.5. The topological polar surface area (TPSA) is 187 Å². The molecule has 3 unspecified atom stereocenters. The summed E-state index contributed by atoms with van der Waals surface area (Å²) in [4.78, 5) is 53.0. The number of amides is 3. The zero-order valence-corrected chi connectivity index (χ0v) is 21.9. The maximum atomic E-state index is 12.9. The van der Waals surface area contributed by atoms with Gasteiger partial charge in [-0.3, -0.25) is 14.4 Å². The van der Waals surface area contributed by atoms with E-state index in [0.29, 0.717) is 12.0 Å². The number of carbonyl (C=O) groups excluding carboxylic acids is 3. The van der Waals surface area contributed by atoms with Gasteiger partial charge in [0, 0.05) is 23.5 Å². The number of aliphatic carboxylic acids is 1. The highest BCUT2D eigenvalue weighted by molar-refractivity contribution is 5.93.